The molecule has 0 radical (unpaired) electrons. The molecule has 0 saturated heterocycles. The lowest BCUT2D eigenvalue weighted by atomic mass is 9.99. The molecular formula is C22H24O. The lowest BCUT2D eigenvalue weighted by Crippen LogP contribution is -2.03. The first-order chi connectivity index (χ1) is 11.2. The van der Waals surface area contributed by atoms with Gasteiger partial charge < -0.3 is 4.74 Å². The van der Waals surface area contributed by atoms with Gasteiger partial charge in [0.2, 0.25) is 0 Å². The van der Waals surface area contributed by atoms with Crippen molar-refractivity contribution >= 4 is 10.8 Å². The van der Waals surface area contributed by atoms with Crippen LogP contribution in [0.5, 0.6) is 5.75 Å². The highest BCUT2D eigenvalue weighted by atomic mass is 16.5. The van der Waals surface area contributed by atoms with Crippen molar-refractivity contribution in [3.8, 4) is 5.75 Å². The molecule has 3 aromatic carbocycles. The molecule has 0 spiro atoms. The minimum absolute atomic E-state index is 0.0362. The number of hydrogen-bond donors (Lipinski definition) is 0. The van der Waals surface area contributed by atoms with Crippen LogP contribution in [-0.4, -0.2) is 0 Å². The fourth-order valence-electron chi connectivity index (χ4n) is 2.84. The van der Waals surface area contributed by atoms with Crippen LogP contribution in [0, 0.1) is 0 Å². The zero-order valence-electron chi connectivity index (χ0n) is 14.1. The van der Waals surface area contributed by atoms with Crippen molar-refractivity contribution in [2.45, 2.75) is 39.2 Å². The summed E-state index contributed by atoms with van der Waals surface area (Å²) in [6, 6.07) is 23.5. The Bertz CT molecular complexity index is 773. The lowest BCUT2D eigenvalue weighted by molar-refractivity contribution is 0.227. The summed E-state index contributed by atoms with van der Waals surface area (Å²) >= 11 is 0. The van der Waals surface area contributed by atoms with Gasteiger partial charge in [-0.15, -0.1) is 0 Å². The number of ether oxygens (including phenoxy) is 1. The topological polar surface area (TPSA) is 9.23 Å². The number of rotatable bonds is 5. The summed E-state index contributed by atoms with van der Waals surface area (Å²) < 4.78 is 6.12. The molecule has 3 aromatic rings. The molecule has 1 nitrogen and oxygen atoms in total. The van der Waals surface area contributed by atoms with E-state index in [-0.39, 0.29) is 6.10 Å². The van der Waals surface area contributed by atoms with Gasteiger partial charge in [-0.1, -0.05) is 62.4 Å². The first-order valence-corrected chi connectivity index (χ1v) is 8.42. The average Bonchev–Trinajstić information content (AvgIpc) is 2.61. The molecule has 3 rings (SSSR count). The second-order valence-corrected chi connectivity index (χ2v) is 6.24. The summed E-state index contributed by atoms with van der Waals surface area (Å²) in [4.78, 5) is 0. The number of fused-ring (bicyclic) bond motifs is 1. The second kappa shape index (κ2) is 6.87. The Hall–Kier alpha value is -2.28. The van der Waals surface area contributed by atoms with Crippen molar-refractivity contribution in [2.75, 3.05) is 0 Å². The third kappa shape index (κ3) is 3.56. The van der Waals surface area contributed by atoms with Crippen molar-refractivity contribution in [3.63, 3.8) is 0 Å². The quantitative estimate of drug-likeness (QED) is 0.523. The fraction of sp³-hybridized carbons (Fsp3) is 0.273. The van der Waals surface area contributed by atoms with Gasteiger partial charge >= 0.3 is 0 Å². The second-order valence-electron chi connectivity index (χ2n) is 6.24. The molecule has 0 aliphatic carbocycles. The van der Waals surface area contributed by atoms with E-state index >= 15 is 0 Å². The van der Waals surface area contributed by atoms with Crippen LogP contribution in [0.1, 0.15) is 50.3 Å². The molecule has 0 bridgehead atoms. The van der Waals surface area contributed by atoms with Gasteiger partial charge in [-0.05, 0) is 59.4 Å². The minimum atomic E-state index is 0.0362. The molecule has 0 amide bonds. The summed E-state index contributed by atoms with van der Waals surface area (Å²) in [5, 5.41) is 2.52. The van der Waals surface area contributed by atoms with Gasteiger partial charge in [-0.25, -0.2) is 0 Å². The van der Waals surface area contributed by atoms with E-state index in [1.165, 1.54) is 21.9 Å². The highest BCUT2D eigenvalue weighted by Gasteiger charge is 2.09. The molecule has 0 N–H and O–H groups in total. The van der Waals surface area contributed by atoms with E-state index in [0.29, 0.717) is 5.92 Å². The molecule has 118 valence electrons. The van der Waals surface area contributed by atoms with E-state index < -0.39 is 0 Å². The van der Waals surface area contributed by atoms with Gasteiger partial charge in [0, 0.05) is 0 Å². The van der Waals surface area contributed by atoms with Crippen molar-refractivity contribution in [3.05, 3.63) is 77.9 Å². The van der Waals surface area contributed by atoms with Crippen LogP contribution in [0.15, 0.2) is 66.7 Å². The zero-order valence-corrected chi connectivity index (χ0v) is 14.1. The maximum atomic E-state index is 6.12. The molecule has 0 aromatic heterocycles. The predicted octanol–water partition coefficient (Wildman–Crippen LogP) is 6.49. The van der Waals surface area contributed by atoms with Crippen LogP contribution < -0.4 is 4.74 Å². The van der Waals surface area contributed by atoms with Gasteiger partial charge in [0.25, 0.3) is 0 Å². The minimum Gasteiger partial charge on any atom is -0.486 e. The highest BCUT2D eigenvalue weighted by Crippen LogP contribution is 2.27. The van der Waals surface area contributed by atoms with Crippen LogP contribution in [0.3, 0.4) is 0 Å². The molecule has 23 heavy (non-hydrogen) atoms. The Morgan fingerprint density at radius 3 is 2.13 bits per heavy atom. The maximum Gasteiger partial charge on any atom is 0.121 e. The van der Waals surface area contributed by atoms with Gasteiger partial charge in [0.05, 0.1) is 0 Å². The van der Waals surface area contributed by atoms with E-state index in [9.17, 15) is 0 Å². The van der Waals surface area contributed by atoms with Crippen LogP contribution in [0.2, 0.25) is 0 Å². The van der Waals surface area contributed by atoms with E-state index in [1.807, 2.05) is 0 Å². The normalized spacial score (nSPS) is 13.7. The fourth-order valence-corrected chi connectivity index (χ4v) is 2.84. The first kappa shape index (κ1) is 15.6. The number of benzene rings is 3. The Labute approximate surface area is 138 Å². The molecule has 1 heteroatoms. The summed E-state index contributed by atoms with van der Waals surface area (Å²) in [6.07, 6.45) is 1.20. The van der Waals surface area contributed by atoms with Crippen molar-refractivity contribution in [1.29, 1.82) is 0 Å². The van der Waals surface area contributed by atoms with E-state index in [4.69, 9.17) is 4.74 Å². The Morgan fingerprint density at radius 1 is 0.783 bits per heavy atom. The lowest BCUT2D eigenvalue weighted by Gasteiger charge is -2.17. The Balaban J connectivity index is 1.76. The van der Waals surface area contributed by atoms with Crippen LogP contribution in [0.4, 0.5) is 0 Å². The molecule has 0 heterocycles. The largest absolute Gasteiger partial charge is 0.486 e. The monoisotopic (exact) mass is 304 g/mol. The predicted molar refractivity (Wildman–Crippen MR) is 98.1 cm³/mol. The van der Waals surface area contributed by atoms with E-state index in [1.54, 1.807) is 0 Å². The van der Waals surface area contributed by atoms with Gasteiger partial charge in [0.15, 0.2) is 0 Å². The summed E-state index contributed by atoms with van der Waals surface area (Å²) in [7, 11) is 0. The van der Waals surface area contributed by atoms with Gasteiger partial charge in [0.1, 0.15) is 11.9 Å². The molecule has 0 saturated carbocycles. The van der Waals surface area contributed by atoms with Gasteiger partial charge in [-0.3, -0.25) is 0 Å². The SMILES string of the molecule is CCC(C)c1ccc(OC(C)c2ccc3ccccc3c2)cc1. The van der Waals surface area contributed by atoms with Crippen LogP contribution in [0.25, 0.3) is 10.8 Å². The van der Waals surface area contributed by atoms with Crippen molar-refractivity contribution in [1.82, 2.24) is 0 Å². The molecule has 0 fully saturated rings. The van der Waals surface area contributed by atoms with Crippen molar-refractivity contribution in [2.24, 2.45) is 0 Å². The summed E-state index contributed by atoms with van der Waals surface area (Å²) in [5.74, 6) is 1.53. The molecule has 0 aliphatic heterocycles. The number of hydrogen-bond acceptors (Lipinski definition) is 1. The smallest absolute Gasteiger partial charge is 0.121 e. The zero-order chi connectivity index (χ0) is 16.2. The molecule has 2 atom stereocenters. The summed E-state index contributed by atoms with van der Waals surface area (Å²) in [5.41, 5.74) is 2.58. The Kier molecular flexibility index (Phi) is 4.66. The third-order valence-electron chi connectivity index (χ3n) is 4.62. The average molecular weight is 304 g/mol. The molecule has 2 unspecified atom stereocenters. The summed E-state index contributed by atoms with van der Waals surface area (Å²) in [6.45, 7) is 6.58. The Morgan fingerprint density at radius 2 is 1.43 bits per heavy atom. The third-order valence-corrected chi connectivity index (χ3v) is 4.62. The van der Waals surface area contributed by atoms with Crippen LogP contribution >= 0.6 is 0 Å². The van der Waals surface area contributed by atoms with Gasteiger partial charge in [-0.2, -0.15) is 0 Å². The maximum absolute atomic E-state index is 6.12. The molecule has 0 aliphatic rings. The molecular weight excluding hydrogens is 280 g/mol. The first-order valence-electron chi connectivity index (χ1n) is 8.42. The highest BCUT2D eigenvalue weighted by molar-refractivity contribution is 5.83. The standard InChI is InChI=1S/C22H24O/c1-4-16(2)18-11-13-22(14-12-18)23-17(3)20-10-9-19-7-5-6-8-21(19)15-20/h5-17H,4H2,1-3H3. The van der Waals surface area contributed by atoms with Crippen LogP contribution in [-0.2, 0) is 0 Å². The van der Waals surface area contributed by atoms with Crippen molar-refractivity contribution < 1.29 is 4.74 Å². The van der Waals surface area contributed by atoms with E-state index in [2.05, 4.69) is 87.5 Å². The van der Waals surface area contributed by atoms with E-state index in [0.717, 1.165) is 12.2 Å².